The maximum absolute atomic E-state index is 15.0. The molecule has 0 spiro atoms. The number of urea groups is 1. The van der Waals surface area contributed by atoms with Crippen LogP contribution in [0, 0.1) is 11.6 Å². The van der Waals surface area contributed by atoms with Gasteiger partial charge in [-0.15, -0.1) is 11.3 Å². The standard InChI is InChI=1S/C30H26F3N5O3S/c1-40-11-10-34-16-19-3-6-23(36-17-19)28-14-25-29(42-28)27(8-9-35-25)41-26-7-4-20(13-22(26)33)37-30(39)38-24-12-18(15-31)2-5-21(24)32/h2-9,12-14,17,34H,10-11,15-16H2,1H3,(H2,37,38,39). The molecule has 0 aliphatic rings. The molecular weight excluding hydrogens is 567 g/mol. The normalized spacial score (nSPS) is 11.0. The Morgan fingerprint density at radius 2 is 1.79 bits per heavy atom. The molecule has 8 nitrogen and oxygen atoms in total. The number of aromatic nitrogens is 2. The van der Waals surface area contributed by atoms with Gasteiger partial charge in [-0.05, 0) is 47.5 Å². The Morgan fingerprint density at radius 1 is 0.929 bits per heavy atom. The molecule has 0 fully saturated rings. The molecule has 42 heavy (non-hydrogen) atoms. The van der Waals surface area contributed by atoms with E-state index >= 15 is 0 Å². The number of carbonyl (C=O) groups excluding carboxylic acids is 1. The molecule has 216 valence electrons. The molecule has 5 aromatic rings. The second-order valence-corrected chi connectivity index (χ2v) is 10.2. The van der Waals surface area contributed by atoms with E-state index in [1.54, 1.807) is 19.4 Å². The van der Waals surface area contributed by atoms with Crippen LogP contribution < -0.4 is 20.7 Å². The number of thiophene rings is 1. The van der Waals surface area contributed by atoms with Crippen molar-refractivity contribution in [1.29, 1.82) is 0 Å². The average molecular weight is 594 g/mol. The Morgan fingerprint density at radius 3 is 2.55 bits per heavy atom. The summed E-state index contributed by atoms with van der Waals surface area (Å²) in [7, 11) is 1.66. The zero-order valence-corrected chi connectivity index (χ0v) is 23.2. The van der Waals surface area contributed by atoms with Gasteiger partial charge in [0.05, 0.1) is 33.1 Å². The summed E-state index contributed by atoms with van der Waals surface area (Å²) in [5.74, 6) is -1.10. The zero-order chi connectivity index (χ0) is 29.5. The van der Waals surface area contributed by atoms with Crippen LogP contribution in [0.5, 0.6) is 11.5 Å². The van der Waals surface area contributed by atoms with Crippen LogP contribution in [0.15, 0.2) is 73.1 Å². The maximum atomic E-state index is 15.0. The van der Waals surface area contributed by atoms with Gasteiger partial charge < -0.3 is 25.4 Å². The van der Waals surface area contributed by atoms with Crippen LogP contribution in [0.25, 0.3) is 20.8 Å². The minimum Gasteiger partial charge on any atom is -0.453 e. The van der Waals surface area contributed by atoms with Crippen LogP contribution in [0.3, 0.4) is 0 Å². The number of hydrogen-bond acceptors (Lipinski definition) is 7. The van der Waals surface area contributed by atoms with E-state index in [0.29, 0.717) is 24.4 Å². The topological polar surface area (TPSA) is 97.4 Å². The molecule has 0 atom stereocenters. The summed E-state index contributed by atoms with van der Waals surface area (Å²) >= 11 is 1.42. The van der Waals surface area contributed by atoms with Crippen molar-refractivity contribution in [3.63, 3.8) is 0 Å². The van der Waals surface area contributed by atoms with Crippen molar-refractivity contribution in [3.8, 4) is 22.1 Å². The molecule has 3 N–H and O–H groups in total. The first kappa shape index (κ1) is 29.0. The Balaban J connectivity index is 1.26. The van der Waals surface area contributed by atoms with Crippen LogP contribution in [0.4, 0.5) is 29.3 Å². The molecule has 5 rings (SSSR count). The van der Waals surface area contributed by atoms with Crippen molar-refractivity contribution in [3.05, 3.63) is 95.8 Å². The third-order valence-corrected chi connectivity index (χ3v) is 7.27. The second kappa shape index (κ2) is 13.4. The van der Waals surface area contributed by atoms with Crippen LogP contribution >= 0.6 is 11.3 Å². The van der Waals surface area contributed by atoms with E-state index in [1.165, 1.54) is 35.6 Å². The predicted molar refractivity (Wildman–Crippen MR) is 157 cm³/mol. The highest BCUT2D eigenvalue weighted by atomic mass is 32.1. The number of nitrogens with zero attached hydrogens (tertiary/aromatic N) is 2. The number of amides is 2. The first-order valence-corrected chi connectivity index (χ1v) is 13.7. The van der Waals surface area contributed by atoms with Gasteiger partial charge in [0.25, 0.3) is 0 Å². The van der Waals surface area contributed by atoms with E-state index in [4.69, 9.17) is 9.47 Å². The molecule has 0 aliphatic heterocycles. The lowest BCUT2D eigenvalue weighted by Crippen LogP contribution is -2.20. The molecule has 0 saturated heterocycles. The van der Waals surface area contributed by atoms with E-state index in [-0.39, 0.29) is 22.7 Å². The van der Waals surface area contributed by atoms with Gasteiger partial charge in [0.1, 0.15) is 18.2 Å². The predicted octanol–water partition coefficient (Wildman–Crippen LogP) is 7.28. The molecular formula is C30H26F3N5O3S. The molecule has 0 aliphatic carbocycles. The van der Waals surface area contributed by atoms with Crippen molar-refractivity contribution in [2.75, 3.05) is 30.9 Å². The number of pyridine rings is 2. The first-order chi connectivity index (χ1) is 20.4. The molecule has 0 radical (unpaired) electrons. The molecule has 0 bridgehead atoms. The number of ether oxygens (including phenoxy) is 2. The van der Waals surface area contributed by atoms with Gasteiger partial charge in [0, 0.05) is 50.4 Å². The Hall–Kier alpha value is -4.52. The average Bonchev–Trinajstić information content (AvgIpc) is 3.44. The highest BCUT2D eigenvalue weighted by Gasteiger charge is 2.15. The fourth-order valence-electron chi connectivity index (χ4n) is 4.02. The van der Waals surface area contributed by atoms with Gasteiger partial charge in [-0.3, -0.25) is 9.97 Å². The van der Waals surface area contributed by atoms with E-state index in [0.717, 1.165) is 39.5 Å². The Kier molecular flexibility index (Phi) is 9.27. The number of methoxy groups -OCH3 is 1. The van der Waals surface area contributed by atoms with Gasteiger partial charge >= 0.3 is 6.03 Å². The summed E-state index contributed by atoms with van der Waals surface area (Å²) in [5, 5.41) is 8.00. The van der Waals surface area contributed by atoms with E-state index in [2.05, 4.69) is 25.9 Å². The molecule has 12 heteroatoms. The first-order valence-electron chi connectivity index (χ1n) is 12.9. The quantitative estimate of drug-likeness (QED) is 0.139. The van der Waals surface area contributed by atoms with Crippen LogP contribution in [-0.2, 0) is 18.0 Å². The van der Waals surface area contributed by atoms with Gasteiger partial charge in [0.2, 0.25) is 0 Å². The number of rotatable bonds is 11. The van der Waals surface area contributed by atoms with Crippen molar-refractivity contribution in [2.45, 2.75) is 13.2 Å². The number of benzene rings is 2. The largest absolute Gasteiger partial charge is 0.453 e. The van der Waals surface area contributed by atoms with Crippen molar-refractivity contribution < 1.29 is 27.4 Å². The highest BCUT2D eigenvalue weighted by Crippen LogP contribution is 2.39. The number of hydrogen-bond donors (Lipinski definition) is 3. The third-order valence-electron chi connectivity index (χ3n) is 6.11. The Labute approximate surface area is 243 Å². The van der Waals surface area contributed by atoms with Crippen molar-refractivity contribution in [1.82, 2.24) is 15.3 Å². The number of nitrogens with one attached hydrogen (secondary N) is 3. The minimum absolute atomic E-state index is 0.0615. The SMILES string of the molecule is COCCNCc1ccc(-c2cc3nccc(Oc4ccc(NC(=O)Nc5cc(CF)ccc5F)cc4F)c3s2)nc1. The summed E-state index contributed by atoms with van der Waals surface area (Å²) in [4.78, 5) is 22.2. The van der Waals surface area contributed by atoms with Crippen LogP contribution in [-0.4, -0.2) is 36.3 Å². The van der Waals surface area contributed by atoms with Gasteiger partial charge in [-0.2, -0.15) is 0 Å². The van der Waals surface area contributed by atoms with Crippen LogP contribution in [0.2, 0.25) is 0 Å². The lowest BCUT2D eigenvalue weighted by Gasteiger charge is -2.11. The van der Waals surface area contributed by atoms with Crippen molar-refractivity contribution in [2.24, 2.45) is 0 Å². The molecule has 2 amide bonds. The molecule has 3 aromatic heterocycles. The molecule has 0 unspecified atom stereocenters. The monoisotopic (exact) mass is 593 g/mol. The lowest BCUT2D eigenvalue weighted by molar-refractivity contribution is 0.199. The molecule has 0 saturated carbocycles. The summed E-state index contributed by atoms with van der Waals surface area (Å²) in [6, 6.07) is 14.1. The zero-order valence-electron chi connectivity index (χ0n) is 22.4. The summed E-state index contributed by atoms with van der Waals surface area (Å²) in [5.41, 5.74) is 2.63. The van der Waals surface area contributed by atoms with Crippen LogP contribution in [0.1, 0.15) is 11.1 Å². The summed E-state index contributed by atoms with van der Waals surface area (Å²) in [6.07, 6.45) is 3.39. The van der Waals surface area contributed by atoms with Gasteiger partial charge in [0.15, 0.2) is 11.6 Å². The fraction of sp³-hybridized carbons (Fsp3) is 0.167. The number of halogens is 3. The third kappa shape index (κ3) is 7.03. The number of carbonyl (C=O) groups is 1. The highest BCUT2D eigenvalue weighted by molar-refractivity contribution is 7.22. The van der Waals surface area contributed by atoms with Crippen molar-refractivity contribution >= 4 is 39.0 Å². The maximum Gasteiger partial charge on any atom is 0.323 e. The van der Waals surface area contributed by atoms with E-state index in [1.807, 2.05) is 24.4 Å². The summed E-state index contributed by atoms with van der Waals surface area (Å²) < 4.78 is 53.5. The van der Waals surface area contributed by atoms with Gasteiger partial charge in [-0.25, -0.2) is 18.0 Å². The fourth-order valence-corrected chi connectivity index (χ4v) is 5.06. The molecule has 3 heterocycles. The number of anilines is 2. The van der Waals surface area contributed by atoms with Gasteiger partial charge in [-0.1, -0.05) is 12.1 Å². The Bertz CT molecular complexity index is 1700. The number of alkyl halides is 1. The smallest absolute Gasteiger partial charge is 0.323 e. The van der Waals surface area contributed by atoms with E-state index < -0.39 is 24.3 Å². The molecule has 2 aromatic carbocycles. The minimum atomic E-state index is -0.816. The lowest BCUT2D eigenvalue weighted by atomic mass is 10.2. The number of fused-ring (bicyclic) bond motifs is 1. The second-order valence-electron chi connectivity index (χ2n) is 9.13. The summed E-state index contributed by atoms with van der Waals surface area (Å²) in [6.45, 7) is 1.25. The van der Waals surface area contributed by atoms with E-state index in [9.17, 15) is 18.0 Å².